The molecule has 1 aliphatic rings. The number of aromatic amines is 1. The van der Waals surface area contributed by atoms with Gasteiger partial charge in [-0.05, 0) is 61.7 Å². The van der Waals surface area contributed by atoms with Crippen LogP contribution in [0.3, 0.4) is 0 Å². The monoisotopic (exact) mass is 368 g/mol. The predicted molar refractivity (Wildman–Crippen MR) is 105 cm³/mol. The van der Waals surface area contributed by atoms with Crippen molar-refractivity contribution in [2.75, 3.05) is 11.9 Å². The third-order valence-corrected chi connectivity index (χ3v) is 5.24. The topological polar surface area (TPSA) is 69.8 Å². The van der Waals surface area contributed by atoms with E-state index < -0.39 is 0 Å². The number of aromatic nitrogens is 2. The van der Waals surface area contributed by atoms with Crippen LogP contribution in [0.25, 0.3) is 10.9 Å². The highest BCUT2D eigenvalue weighted by molar-refractivity contribution is 6.33. The number of fused-ring (bicyclic) bond motifs is 3. The number of carbonyl (C=O) groups is 1. The lowest BCUT2D eigenvalue weighted by molar-refractivity contribution is 0.102. The van der Waals surface area contributed by atoms with Crippen molar-refractivity contribution < 1.29 is 4.79 Å². The predicted octanol–water partition coefficient (Wildman–Crippen LogP) is 3.94. The first kappa shape index (κ1) is 17.1. The van der Waals surface area contributed by atoms with Crippen molar-refractivity contribution in [3.63, 3.8) is 0 Å². The molecule has 2 heterocycles. The summed E-state index contributed by atoms with van der Waals surface area (Å²) in [5.74, 6) is -0.252. The molecule has 0 fully saturated rings. The van der Waals surface area contributed by atoms with Gasteiger partial charge in [0.15, 0.2) is 0 Å². The number of nitrogens with one attached hydrogen (secondary N) is 3. The smallest absolute Gasteiger partial charge is 0.258 e. The average Bonchev–Trinajstić information content (AvgIpc) is 3.00. The number of nitrogens with zero attached hydrogens (tertiary/aromatic N) is 1. The fourth-order valence-electron chi connectivity index (χ4n) is 3.71. The molecule has 1 atom stereocenters. The van der Waals surface area contributed by atoms with E-state index in [1.54, 1.807) is 18.3 Å². The number of benzene rings is 1. The molecule has 0 radical (unpaired) electrons. The van der Waals surface area contributed by atoms with Gasteiger partial charge in [0.05, 0.1) is 5.56 Å². The van der Waals surface area contributed by atoms with Crippen LogP contribution < -0.4 is 10.6 Å². The van der Waals surface area contributed by atoms with Crippen molar-refractivity contribution in [1.29, 1.82) is 0 Å². The lowest BCUT2D eigenvalue weighted by Crippen LogP contribution is -2.34. The van der Waals surface area contributed by atoms with Gasteiger partial charge in [-0.3, -0.25) is 4.79 Å². The summed E-state index contributed by atoms with van der Waals surface area (Å²) < 4.78 is 0. The molecule has 1 aliphatic carbocycles. The zero-order valence-electron chi connectivity index (χ0n) is 14.6. The Balaban J connectivity index is 1.63. The van der Waals surface area contributed by atoms with Gasteiger partial charge in [0.25, 0.3) is 5.91 Å². The molecule has 0 aliphatic heterocycles. The standard InChI is InChI=1S/C20H21ClN4O/c1-2-22-12-5-7-17-15(10-12)16-11-13(6-8-18(16)25-17)24-20(26)14-4-3-9-23-19(14)21/h3-4,6,8-9,11-12,22,25H,2,5,7,10H2,1H3,(H,24,26). The number of halogens is 1. The molecule has 0 bridgehead atoms. The highest BCUT2D eigenvalue weighted by Crippen LogP contribution is 2.31. The second kappa shape index (κ2) is 7.09. The molecule has 0 saturated carbocycles. The molecular formula is C20H21ClN4O. The van der Waals surface area contributed by atoms with Gasteiger partial charge in [-0.25, -0.2) is 4.98 Å². The van der Waals surface area contributed by atoms with Crippen LogP contribution in [-0.4, -0.2) is 28.5 Å². The van der Waals surface area contributed by atoms with Gasteiger partial charge in [-0.1, -0.05) is 18.5 Å². The summed E-state index contributed by atoms with van der Waals surface area (Å²) >= 11 is 6.02. The van der Waals surface area contributed by atoms with E-state index in [1.807, 2.05) is 18.2 Å². The summed E-state index contributed by atoms with van der Waals surface area (Å²) in [5.41, 5.74) is 4.91. The molecule has 1 unspecified atom stereocenters. The second-order valence-electron chi connectivity index (χ2n) is 6.64. The van der Waals surface area contributed by atoms with Crippen LogP contribution in [0.15, 0.2) is 36.5 Å². The molecule has 1 amide bonds. The van der Waals surface area contributed by atoms with Gasteiger partial charge in [0.2, 0.25) is 0 Å². The zero-order chi connectivity index (χ0) is 18.1. The molecule has 134 valence electrons. The van der Waals surface area contributed by atoms with Crippen molar-refractivity contribution in [3.8, 4) is 0 Å². The number of likely N-dealkylation sites (N-methyl/N-ethyl adjacent to an activating group) is 1. The number of hydrogen-bond acceptors (Lipinski definition) is 3. The Labute approximate surface area is 157 Å². The lowest BCUT2D eigenvalue weighted by Gasteiger charge is -2.23. The maximum absolute atomic E-state index is 12.5. The Kier molecular flexibility index (Phi) is 4.66. The molecule has 0 spiro atoms. The highest BCUT2D eigenvalue weighted by Gasteiger charge is 2.22. The molecule has 0 saturated heterocycles. The molecule has 6 heteroatoms. The summed E-state index contributed by atoms with van der Waals surface area (Å²) in [6.07, 6.45) is 4.78. The number of carbonyl (C=O) groups excluding carboxylic acids is 1. The molecule has 4 rings (SSSR count). The van der Waals surface area contributed by atoms with E-state index in [-0.39, 0.29) is 11.1 Å². The van der Waals surface area contributed by atoms with Gasteiger partial charge in [-0.15, -0.1) is 0 Å². The van der Waals surface area contributed by atoms with E-state index in [1.165, 1.54) is 16.6 Å². The average molecular weight is 369 g/mol. The molecule has 3 N–H and O–H groups in total. The maximum atomic E-state index is 12.5. The van der Waals surface area contributed by atoms with E-state index in [2.05, 4.69) is 27.5 Å². The minimum atomic E-state index is -0.252. The van der Waals surface area contributed by atoms with Gasteiger partial charge >= 0.3 is 0 Å². The minimum absolute atomic E-state index is 0.207. The number of hydrogen-bond donors (Lipinski definition) is 3. The van der Waals surface area contributed by atoms with Crippen LogP contribution >= 0.6 is 11.6 Å². The quantitative estimate of drug-likeness (QED) is 0.611. The summed E-state index contributed by atoms with van der Waals surface area (Å²) in [4.78, 5) is 20.0. The SMILES string of the molecule is CCNC1CCc2[nH]c3ccc(NC(=O)c4cccnc4Cl)cc3c2C1. The second-order valence-corrected chi connectivity index (χ2v) is 6.99. The number of amides is 1. The van der Waals surface area contributed by atoms with Crippen molar-refractivity contribution in [3.05, 3.63) is 58.5 Å². The van der Waals surface area contributed by atoms with Crippen molar-refractivity contribution >= 4 is 34.1 Å². The summed E-state index contributed by atoms with van der Waals surface area (Å²) in [6, 6.07) is 9.86. The Hall–Kier alpha value is -2.37. The number of aryl methyl sites for hydroxylation is 1. The van der Waals surface area contributed by atoms with E-state index in [0.29, 0.717) is 11.6 Å². The van der Waals surface area contributed by atoms with E-state index >= 15 is 0 Å². The molecule has 1 aromatic carbocycles. The van der Waals surface area contributed by atoms with Crippen molar-refractivity contribution in [2.24, 2.45) is 0 Å². The van der Waals surface area contributed by atoms with Gasteiger partial charge < -0.3 is 15.6 Å². The van der Waals surface area contributed by atoms with Gasteiger partial charge in [-0.2, -0.15) is 0 Å². The van der Waals surface area contributed by atoms with E-state index in [4.69, 9.17) is 11.6 Å². The first-order chi connectivity index (χ1) is 12.7. The van der Waals surface area contributed by atoms with Crippen LogP contribution in [0.5, 0.6) is 0 Å². The molecule has 5 nitrogen and oxygen atoms in total. The van der Waals surface area contributed by atoms with Crippen LogP contribution in [0.4, 0.5) is 5.69 Å². The number of rotatable bonds is 4. The zero-order valence-corrected chi connectivity index (χ0v) is 15.4. The third-order valence-electron chi connectivity index (χ3n) is 4.94. The molecule has 2 aromatic heterocycles. The van der Waals surface area contributed by atoms with E-state index in [9.17, 15) is 4.79 Å². The summed E-state index contributed by atoms with van der Waals surface area (Å²) in [6.45, 7) is 3.12. The molecular weight excluding hydrogens is 348 g/mol. The Morgan fingerprint density at radius 2 is 2.27 bits per heavy atom. The summed E-state index contributed by atoms with van der Waals surface area (Å²) in [5, 5.41) is 7.87. The first-order valence-corrected chi connectivity index (χ1v) is 9.32. The first-order valence-electron chi connectivity index (χ1n) is 8.94. The third kappa shape index (κ3) is 3.20. The van der Waals surface area contributed by atoms with E-state index in [0.717, 1.165) is 37.0 Å². The highest BCUT2D eigenvalue weighted by atomic mass is 35.5. The maximum Gasteiger partial charge on any atom is 0.258 e. The fraction of sp³-hybridized carbons (Fsp3) is 0.300. The van der Waals surface area contributed by atoms with Crippen LogP contribution in [-0.2, 0) is 12.8 Å². The van der Waals surface area contributed by atoms with Crippen LogP contribution in [0.2, 0.25) is 5.15 Å². The number of anilines is 1. The molecule has 26 heavy (non-hydrogen) atoms. The van der Waals surface area contributed by atoms with Crippen molar-refractivity contribution in [1.82, 2.24) is 15.3 Å². The Morgan fingerprint density at radius 1 is 1.38 bits per heavy atom. The van der Waals surface area contributed by atoms with Gasteiger partial charge in [0.1, 0.15) is 5.15 Å². The Bertz CT molecular complexity index is 966. The van der Waals surface area contributed by atoms with Crippen LogP contribution in [0.1, 0.15) is 35.0 Å². The number of pyridine rings is 1. The lowest BCUT2D eigenvalue weighted by atomic mass is 9.91. The fourth-order valence-corrected chi connectivity index (χ4v) is 3.92. The largest absolute Gasteiger partial charge is 0.358 e. The van der Waals surface area contributed by atoms with Crippen molar-refractivity contribution in [2.45, 2.75) is 32.2 Å². The number of H-pyrrole nitrogens is 1. The normalized spacial score (nSPS) is 16.5. The summed E-state index contributed by atoms with van der Waals surface area (Å²) in [7, 11) is 0. The molecule has 3 aromatic rings. The van der Waals surface area contributed by atoms with Gasteiger partial charge in [0, 0.05) is 34.5 Å². The van der Waals surface area contributed by atoms with Crippen LogP contribution in [0, 0.1) is 0 Å². The minimum Gasteiger partial charge on any atom is -0.358 e. The Morgan fingerprint density at radius 3 is 3.08 bits per heavy atom.